The van der Waals surface area contributed by atoms with E-state index in [1.165, 1.54) is 12.5 Å². The van der Waals surface area contributed by atoms with Crippen LogP contribution in [0, 0.1) is 0 Å². The Kier molecular flexibility index (Phi) is 4.88. The van der Waals surface area contributed by atoms with E-state index in [1.807, 2.05) is 24.0 Å². The third-order valence-corrected chi connectivity index (χ3v) is 4.67. The van der Waals surface area contributed by atoms with Gasteiger partial charge in [0.1, 0.15) is 11.3 Å². The van der Waals surface area contributed by atoms with Gasteiger partial charge >= 0.3 is 5.63 Å². The van der Waals surface area contributed by atoms with Gasteiger partial charge in [-0.2, -0.15) is 0 Å². The highest BCUT2D eigenvalue weighted by molar-refractivity contribution is 5.82. The highest BCUT2D eigenvalue weighted by Crippen LogP contribution is 2.23. The first-order chi connectivity index (χ1) is 11.6. The normalized spacial score (nSPS) is 17.9. The number of benzene rings is 1. The average Bonchev–Trinajstić information content (AvgIpc) is 2.58. The minimum atomic E-state index is -0.366. The third-order valence-electron chi connectivity index (χ3n) is 4.67. The highest BCUT2D eigenvalue weighted by atomic mass is 16.5. The van der Waals surface area contributed by atoms with Gasteiger partial charge in [0.2, 0.25) is 0 Å². The van der Waals surface area contributed by atoms with Crippen molar-refractivity contribution in [2.24, 2.45) is 0 Å². The average molecular weight is 329 g/mol. The van der Waals surface area contributed by atoms with Crippen LogP contribution in [0.4, 0.5) is 0 Å². The summed E-state index contributed by atoms with van der Waals surface area (Å²) in [6, 6.07) is 7.17. The second-order valence-electron chi connectivity index (χ2n) is 6.32. The number of hydrogen-bond donors (Lipinski definition) is 0. The van der Waals surface area contributed by atoms with Crippen LogP contribution in [-0.2, 0) is 11.2 Å². The summed E-state index contributed by atoms with van der Waals surface area (Å²) in [4.78, 5) is 25.8. The van der Waals surface area contributed by atoms with Crippen LogP contribution >= 0.6 is 0 Å². The molecule has 0 saturated carbocycles. The lowest BCUT2D eigenvalue weighted by atomic mass is 10.0. The number of carbonyl (C=O) groups is 1. The van der Waals surface area contributed by atoms with Crippen LogP contribution in [0.5, 0.6) is 5.75 Å². The topological polar surface area (TPSA) is 59.8 Å². The van der Waals surface area contributed by atoms with Gasteiger partial charge in [0, 0.05) is 30.1 Å². The Morgan fingerprint density at radius 3 is 2.92 bits per heavy atom. The molecule has 3 rings (SSSR count). The molecule has 1 aromatic carbocycles. The van der Waals surface area contributed by atoms with E-state index < -0.39 is 0 Å². The lowest BCUT2D eigenvalue weighted by molar-refractivity contribution is -0.136. The molecule has 24 heavy (non-hydrogen) atoms. The van der Waals surface area contributed by atoms with Crippen LogP contribution in [0.3, 0.4) is 0 Å². The van der Waals surface area contributed by atoms with E-state index in [-0.39, 0.29) is 24.2 Å². The zero-order valence-electron chi connectivity index (χ0n) is 14.2. The first-order valence-electron chi connectivity index (χ1n) is 8.57. The fourth-order valence-corrected chi connectivity index (χ4v) is 3.29. The van der Waals surface area contributed by atoms with Crippen LogP contribution in [0.15, 0.2) is 33.5 Å². The van der Waals surface area contributed by atoms with Crippen LogP contribution in [0.25, 0.3) is 11.0 Å². The summed E-state index contributed by atoms with van der Waals surface area (Å²) >= 11 is 0. The maximum absolute atomic E-state index is 12.3. The number of nitrogens with zero attached hydrogens (tertiary/aromatic N) is 1. The molecule has 1 aliphatic rings. The lowest BCUT2D eigenvalue weighted by Crippen LogP contribution is -2.44. The minimum Gasteiger partial charge on any atom is -0.484 e. The van der Waals surface area contributed by atoms with Crippen molar-refractivity contribution in [1.29, 1.82) is 0 Å². The minimum absolute atomic E-state index is 0.00561. The Hall–Kier alpha value is -2.30. The van der Waals surface area contributed by atoms with Crippen LogP contribution in [0.1, 0.15) is 38.7 Å². The Bertz CT molecular complexity index is 796. The van der Waals surface area contributed by atoms with E-state index in [2.05, 4.69) is 6.92 Å². The van der Waals surface area contributed by atoms with Gasteiger partial charge in [-0.05, 0) is 50.3 Å². The summed E-state index contributed by atoms with van der Waals surface area (Å²) in [6.45, 7) is 4.88. The molecule has 1 aliphatic heterocycles. The molecule has 128 valence electrons. The van der Waals surface area contributed by atoms with Gasteiger partial charge in [-0.3, -0.25) is 4.79 Å². The fourth-order valence-electron chi connectivity index (χ4n) is 3.29. The molecule has 1 fully saturated rings. The van der Waals surface area contributed by atoms with Crippen LogP contribution < -0.4 is 10.4 Å². The molecule has 5 nitrogen and oxygen atoms in total. The number of piperidine rings is 1. The molecule has 1 aromatic heterocycles. The summed E-state index contributed by atoms with van der Waals surface area (Å²) in [6.07, 6.45) is 4.03. The van der Waals surface area contributed by atoms with Crippen LogP contribution in [0.2, 0.25) is 0 Å². The van der Waals surface area contributed by atoms with Gasteiger partial charge in [0.25, 0.3) is 5.91 Å². The number of hydrogen-bond acceptors (Lipinski definition) is 4. The molecular weight excluding hydrogens is 306 g/mol. The molecule has 0 spiro atoms. The molecule has 1 amide bonds. The van der Waals surface area contributed by atoms with E-state index in [4.69, 9.17) is 9.15 Å². The zero-order valence-corrected chi connectivity index (χ0v) is 14.2. The molecule has 1 atom stereocenters. The van der Waals surface area contributed by atoms with Gasteiger partial charge in [0.15, 0.2) is 6.61 Å². The number of rotatable bonds is 4. The number of amides is 1. The van der Waals surface area contributed by atoms with Gasteiger partial charge in [-0.15, -0.1) is 0 Å². The van der Waals surface area contributed by atoms with E-state index in [1.54, 1.807) is 6.07 Å². The molecule has 0 unspecified atom stereocenters. The van der Waals surface area contributed by atoms with Gasteiger partial charge in [-0.25, -0.2) is 4.79 Å². The molecule has 0 N–H and O–H groups in total. The standard InChI is InChI=1S/C19H23NO4/c1-3-14-10-19(22)24-17-11-15(7-8-16(14)17)23-12-18(21)20-9-5-4-6-13(20)2/h7-8,10-11,13H,3-6,9,12H2,1-2H3/t13-/m0/s1. The van der Waals surface area contributed by atoms with Gasteiger partial charge in [-0.1, -0.05) is 6.92 Å². The lowest BCUT2D eigenvalue weighted by Gasteiger charge is -2.33. The number of ether oxygens (including phenoxy) is 1. The second-order valence-corrected chi connectivity index (χ2v) is 6.32. The number of aryl methyl sites for hydroxylation is 1. The van der Waals surface area contributed by atoms with E-state index >= 15 is 0 Å². The Labute approximate surface area is 141 Å². The van der Waals surface area contributed by atoms with Crippen molar-refractivity contribution >= 4 is 16.9 Å². The first kappa shape index (κ1) is 16.6. The van der Waals surface area contributed by atoms with E-state index in [0.717, 1.165) is 36.8 Å². The smallest absolute Gasteiger partial charge is 0.336 e. The number of fused-ring (bicyclic) bond motifs is 1. The zero-order chi connectivity index (χ0) is 17.1. The summed E-state index contributed by atoms with van der Waals surface area (Å²) in [5, 5.41) is 0.903. The van der Waals surface area contributed by atoms with E-state index in [9.17, 15) is 9.59 Å². The molecular formula is C19H23NO4. The van der Waals surface area contributed by atoms with Crippen molar-refractivity contribution in [1.82, 2.24) is 4.90 Å². The van der Waals surface area contributed by atoms with Crippen molar-refractivity contribution in [2.45, 2.75) is 45.6 Å². The van der Waals surface area contributed by atoms with Crippen molar-refractivity contribution in [3.63, 3.8) is 0 Å². The number of carbonyl (C=O) groups excluding carboxylic acids is 1. The molecule has 0 radical (unpaired) electrons. The predicted molar refractivity (Wildman–Crippen MR) is 92.4 cm³/mol. The molecule has 5 heteroatoms. The van der Waals surface area contributed by atoms with E-state index in [0.29, 0.717) is 11.3 Å². The fraction of sp³-hybridized carbons (Fsp3) is 0.474. The summed E-state index contributed by atoms with van der Waals surface area (Å²) < 4.78 is 10.9. The Balaban J connectivity index is 1.73. The molecule has 0 aliphatic carbocycles. The summed E-state index contributed by atoms with van der Waals surface area (Å²) in [5.41, 5.74) is 1.08. The van der Waals surface area contributed by atoms with Gasteiger partial charge in [0.05, 0.1) is 0 Å². The summed E-state index contributed by atoms with van der Waals surface area (Å²) in [7, 11) is 0. The van der Waals surface area contributed by atoms with Crippen molar-refractivity contribution in [3.8, 4) is 5.75 Å². The predicted octanol–water partition coefficient (Wildman–Crippen LogP) is 3.14. The van der Waals surface area contributed by atoms with Gasteiger partial charge < -0.3 is 14.1 Å². The Morgan fingerprint density at radius 1 is 1.33 bits per heavy atom. The third kappa shape index (κ3) is 3.45. The first-order valence-corrected chi connectivity index (χ1v) is 8.57. The SMILES string of the molecule is CCc1cc(=O)oc2cc(OCC(=O)N3CCCC[C@@H]3C)ccc12. The molecule has 0 bridgehead atoms. The molecule has 2 aromatic rings. The largest absolute Gasteiger partial charge is 0.484 e. The number of likely N-dealkylation sites (tertiary alicyclic amines) is 1. The maximum Gasteiger partial charge on any atom is 0.336 e. The van der Waals surface area contributed by atoms with Crippen LogP contribution in [-0.4, -0.2) is 30.0 Å². The monoisotopic (exact) mass is 329 g/mol. The van der Waals surface area contributed by atoms with Crippen molar-refractivity contribution in [3.05, 3.63) is 40.2 Å². The molecule has 2 heterocycles. The highest BCUT2D eigenvalue weighted by Gasteiger charge is 2.23. The maximum atomic E-state index is 12.3. The van der Waals surface area contributed by atoms with Crippen molar-refractivity contribution in [2.75, 3.05) is 13.2 Å². The summed E-state index contributed by atoms with van der Waals surface area (Å²) in [5.74, 6) is 0.544. The van der Waals surface area contributed by atoms with Crippen molar-refractivity contribution < 1.29 is 13.9 Å². The quantitative estimate of drug-likeness (QED) is 0.809. The molecule has 1 saturated heterocycles. The Morgan fingerprint density at radius 2 is 2.17 bits per heavy atom. The second kappa shape index (κ2) is 7.07.